The normalized spacial score (nSPS) is 15.6. The number of hydrogen-bond donors (Lipinski definition) is 1. The molecular weight excluding hydrogens is 192 g/mol. The molecule has 0 aromatic heterocycles. The van der Waals surface area contributed by atoms with E-state index in [-0.39, 0.29) is 0 Å². The average molecular weight is 206 g/mol. The Balaban J connectivity index is 2.54. The Morgan fingerprint density at radius 1 is 1.53 bits per heavy atom. The fraction of sp³-hybridized carbons (Fsp3) is 0.417. The molecule has 0 saturated heterocycles. The van der Waals surface area contributed by atoms with Gasteiger partial charge in [-0.25, -0.2) is 0 Å². The van der Waals surface area contributed by atoms with E-state index < -0.39 is 11.9 Å². The summed E-state index contributed by atoms with van der Waals surface area (Å²) < 4.78 is 5.43. The van der Waals surface area contributed by atoms with Gasteiger partial charge in [-0.3, -0.25) is 4.79 Å². The fourth-order valence-corrected chi connectivity index (χ4v) is 2.14. The Labute approximate surface area is 88.7 Å². The lowest BCUT2D eigenvalue weighted by atomic mass is 9.90. The zero-order chi connectivity index (χ0) is 11.0. The van der Waals surface area contributed by atoms with Crippen molar-refractivity contribution in [2.45, 2.75) is 26.2 Å². The van der Waals surface area contributed by atoms with E-state index in [0.717, 1.165) is 28.9 Å². The lowest BCUT2D eigenvalue weighted by molar-refractivity contribution is -0.138. The highest BCUT2D eigenvalue weighted by Crippen LogP contribution is 2.34. The summed E-state index contributed by atoms with van der Waals surface area (Å²) in [6, 6.07) is 3.86. The Bertz CT molecular complexity index is 410. The second-order valence-corrected chi connectivity index (χ2v) is 3.93. The Hall–Kier alpha value is -1.51. The van der Waals surface area contributed by atoms with E-state index in [9.17, 15) is 4.79 Å². The van der Waals surface area contributed by atoms with Crippen molar-refractivity contribution in [1.82, 2.24) is 0 Å². The number of fused-ring (bicyclic) bond motifs is 1. The Morgan fingerprint density at radius 2 is 2.27 bits per heavy atom. The molecule has 0 spiro atoms. The lowest BCUT2D eigenvalue weighted by Gasteiger charge is -2.14. The molecule has 2 rings (SSSR count). The van der Waals surface area contributed by atoms with E-state index in [1.807, 2.05) is 19.1 Å². The summed E-state index contributed by atoms with van der Waals surface area (Å²) in [6.45, 7) is 4.34. The molecule has 0 fully saturated rings. The van der Waals surface area contributed by atoms with Crippen LogP contribution < -0.4 is 4.74 Å². The van der Waals surface area contributed by atoms with Crippen LogP contribution in [0.2, 0.25) is 0 Å². The Morgan fingerprint density at radius 3 is 2.93 bits per heavy atom. The first kappa shape index (κ1) is 10.0. The molecule has 0 amide bonds. The van der Waals surface area contributed by atoms with Gasteiger partial charge in [0.05, 0.1) is 12.5 Å². The molecule has 0 bridgehead atoms. The van der Waals surface area contributed by atoms with Gasteiger partial charge in [0.1, 0.15) is 5.75 Å². The predicted octanol–water partition coefficient (Wildman–Crippen LogP) is 2.12. The molecule has 0 aliphatic carbocycles. The van der Waals surface area contributed by atoms with Crippen LogP contribution >= 0.6 is 0 Å². The van der Waals surface area contributed by atoms with Crippen LogP contribution in [-0.2, 0) is 11.2 Å². The van der Waals surface area contributed by atoms with E-state index in [1.54, 1.807) is 6.92 Å². The molecule has 1 N–H and O–H groups in total. The van der Waals surface area contributed by atoms with Gasteiger partial charge < -0.3 is 9.84 Å². The summed E-state index contributed by atoms with van der Waals surface area (Å²) in [5, 5.41) is 9.05. The smallest absolute Gasteiger partial charge is 0.310 e. The van der Waals surface area contributed by atoms with Crippen LogP contribution in [0.4, 0.5) is 0 Å². The largest absolute Gasteiger partial charge is 0.493 e. The molecule has 1 atom stereocenters. The number of ether oxygens (including phenoxy) is 1. The van der Waals surface area contributed by atoms with Gasteiger partial charge >= 0.3 is 5.97 Å². The van der Waals surface area contributed by atoms with Crippen molar-refractivity contribution < 1.29 is 14.6 Å². The minimum Gasteiger partial charge on any atom is -0.493 e. The molecule has 3 heteroatoms. The van der Waals surface area contributed by atoms with Crippen LogP contribution in [-0.4, -0.2) is 17.7 Å². The third kappa shape index (κ3) is 1.58. The van der Waals surface area contributed by atoms with E-state index in [1.165, 1.54) is 0 Å². The fourth-order valence-electron chi connectivity index (χ4n) is 2.14. The van der Waals surface area contributed by atoms with Crippen LogP contribution in [0.5, 0.6) is 5.75 Å². The van der Waals surface area contributed by atoms with Crippen molar-refractivity contribution in [3.05, 3.63) is 28.8 Å². The molecular formula is C12H14O3. The monoisotopic (exact) mass is 206 g/mol. The molecule has 80 valence electrons. The molecule has 15 heavy (non-hydrogen) atoms. The highest BCUT2D eigenvalue weighted by molar-refractivity contribution is 5.77. The minimum absolute atomic E-state index is 0.457. The maximum atomic E-state index is 11.0. The Kier molecular flexibility index (Phi) is 2.39. The van der Waals surface area contributed by atoms with E-state index >= 15 is 0 Å². The summed E-state index contributed by atoms with van der Waals surface area (Å²) in [7, 11) is 0. The van der Waals surface area contributed by atoms with Crippen molar-refractivity contribution in [1.29, 1.82) is 0 Å². The van der Waals surface area contributed by atoms with Crippen molar-refractivity contribution in [3.63, 3.8) is 0 Å². The number of benzene rings is 1. The maximum absolute atomic E-state index is 11.0. The topological polar surface area (TPSA) is 46.5 Å². The van der Waals surface area contributed by atoms with Crippen LogP contribution in [0.15, 0.2) is 12.1 Å². The quantitative estimate of drug-likeness (QED) is 0.806. The van der Waals surface area contributed by atoms with Gasteiger partial charge in [-0.1, -0.05) is 6.07 Å². The first-order chi connectivity index (χ1) is 7.11. The SMILES string of the molecule is Cc1ccc2c(c1C(C)C(=O)O)CCO2. The third-order valence-corrected chi connectivity index (χ3v) is 2.95. The van der Waals surface area contributed by atoms with Gasteiger partial charge in [0.25, 0.3) is 0 Å². The minimum atomic E-state index is -0.779. The van der Waals surface area contributed by atoms with Crippen molar-refractivity contribution in [2.24, 2.45) is 0 Å². The molecule has 0 saturated carbocycles. The van der Waals surface area contributed by atoms with Crippen molar-refractivity contribution >= 4 is 5.97 Å². The number of aryl methyl sites for hydroxylation is 1. The number of carboxylic acid groups (broad SMARTS) is 1. The first-order valence-corrected chi connectivity index (χ1v) is 5.09. The molecule has 1 aliphatic heterocycles. The van der Waals surface area contributed by atoms with Crippen LogP contribution in [0.25, 0.3) is 0 Å². The maximum Gasteiger partial charge on any atom is 0.310 e. The second-order valence-electron chi connectivity index (χ2n) is 3.93. The summed E-state index contributed by atoms with van der Waals surface area (Å²) >= 11 is 0. The highest BCUT2D eigenvalue weighted by atomic mass is 16.5. The zero-order valence-corrected chi connectivity index (χ0v) is 8.91. The molecule has 1 unspecified atom stereocenters. The number of hydrogen-bond acceptors (Lipinski definition) is 2. The van der Waals surface area contributed by atoms with Gasteiger partial charge in [0, 0.05) is 12.0 Å². The molecule has 1 heterocycles. The number of carboxylic acids is 1. The molecule has 3 nitrogen and oxygen atoms in total. The molecule has 1 aliphatic rings. The van der Waals surface area contributed by atoms with Crippen molar-refractivity contribution in [2.75, 3.05) is 6.61 Å². The van der Waals surface area contributed by atoms with Crippen LogP contribution in [0, 0.1) is 6.92 Å². The van der Waals surface area contributed by atoms with Crippen LogP contribution in [0.3, 0.4) is 0 Å². The van der Waals surface area contributed by atoms with Gasteiger partial charge in [0.2, 0.25) is 0 Å². The summed E-state index contributed by atoms with van der Waals surface area (Å²) in [4.78, 5) is 11.0. The predicted molar refractivity (Wildman–Crippen MR) is 56.4 cm³/mol. The van der Waals surface area contributed by atoms with Gasteiger partial charge in [-0.15, -0.1) is 0 Å². The number of aliphatic carboxylic acids is 1. The first-order valence-electron chi connectivity index (χ1n) is 5.09. The van der Waals surface area contributed by atoms with E-state index in [0.29, 0.717) is 6.61 Å². The van der Waals surface area contributed by atoms with Gasteiger partial charge in [0.15, 0.2) is 0 Å². The summed E-state index contributed by atoms with van der Waals surface area (Å²) in [5.41, 5.74) is 3.04. The number of rotatable bonds is 2. The van der Waals surface area contributed by atoms with Crippen molar-refractivity contribution in [3.8, 4) is 5.75 Å². The van der Waals surface area contributed by atoms with Gasteiger partial charge in [-0.05, 0) is 31.0 Å². The zero-order valence-electron chi connectivity index (χ0n) is 8.91. The molecule has 1 aromatic carbocycles. The van der Waals surface area contributed by atoms with E-state index in [4.69, 9.17) is 9.84 Å². The standard InChI is InChI=1S/C12H14O3/c1-7-3-4-10-9(5-6-15-10)11(7)8(2)12(13)14/h3-4,8H,5-6H2,1-2H3,(H,13,14). The summed E-state index contributed by atoms with van der Waals surface area (Å²) in [6.07, 6.45) is 0.823. The lowest BCUT2D eigenvalue weighted by Crippen LogP contribution is -2.11. The molecule has 0 radical (unpaired) electrons. The summed E-state index contributed by atoms with van der Waals surface area (Å²) in [5.74, 6) is -0.385. The second kappa shape index (κ2) is 3.57. The van der Waals surface area contributed by atoms with E-state index in [2.05, 4.69) is 0 Å². The number of carbonyl (C=O) groups is 1. The van der Waals surface area contributed by atoms with Gasteiger partial charge in [-0.2, -0.15) is 0 Å². The molecule has 1 aromatic rings. The average Bonchev–Trinajstić information content (AvgIpc) is 2.64. The third-order valence-electron chi connectivity index (χ3n) is 2.95. The van der Waals surface area contributed by atoms with Crippen LogP contribution in [0.1, 0.15) is 29.5 Å². The highest BCUT2D eigenvalue weighted by Gasteiger charge is 2.24.